The SMILES string of the molecule is Cc1ccc(NC(=O)C(=O)N=Nc2c(O)n(CN(C)C)c3ccccc23)cc1. The summed E-state index contributed by atoms with van der Waals surface area (Å²) in [6.07, 6.45) is 0. The zero-order valence-electron chi connectivity index (χ0n) is 15.9. The summed E-state index contributed by atoms with van der Waals surface area (Å²) in [6.45, 7) is 2.34. The topological polar surface area (TPSA) is 99.3 Å². The number of fused-ring (bicyclic) bond motifs is 1. The van der Waals surface area contributed by atoms with Crippen LogP contribution in [0.3, 0.4) is 0 Å². The van der Waals surface area contributed by atoms with Crippen LogP contribution >= 0.6 is 0 Å². The number of nitrogens with one attached hydrogen (secondary N) is 1. The third kappa shape index (κ3) is 4.07. The Bertz CT molecular complexity index is 1050. The lowest BCUT2D eigenvalue weighted by Crippen LogP contribution is -2.20. The molecule has 28 heavy (non-hydrogen) atoms. The van der Waals surface area contributed by atoms with Crippen molar-refractivity contribution >= 4 is 34.1 Å². The van der Waals surface area contributed by atoms with Crippen molar-refractivity contribution in [1.82, 2.24) is 9.47 Å². The Morgan fingerprint density at radius 2 is 1.79 bits per heavy atom. The fourth-order valence-electron chi connectivity index (χ4n) is 2.76. The molecule has 0 saturated carbocycles. The van der Waals surface area contributed by atoms with E-state index in [2.05, 4.69) is 15.5 Å². The Kier molecular flexibility index (Phi) is 5.51. The minimum absolute atomic E-state index is 0.120. The van der Waals surface area contributed by atoms with Crippen molar-refractivity contribution in [2.24, 2.45) is 10.2 Å². The molecule has 0 fully saturated rings. The molecule has 2 amide bonds. The zero-order valence-corrected chi connectivity index (χ0v) is 15.9. The third-order valence-corrected chi connectivity index (χ3v) is 4.09. The summed E-state index contributed by atoms with van der Waals surface area (Å²) in [5.74, 6) is -2.07. The summed E-state index contributed by atoms with van der Waals surface area (Å²) in [4.78, 5) is 26.0. The number of aryl methyl sites for hydroxylation is 1. The van der Waals surface area contributed by atoms with Crippen LogP contribution < -0.4 is 5.32 Å². The number of hydrogen-bond donors (Lipinski definition) is 2. The van der Waals surface area contributed by atoms with Gasteiger partial charge in [0.2, 0.25) is 5.88 Å². The molecule has 0 saturated heterocycles. The average Bonchev–Trinajstić information content (AvgIpc) is 2.93. The second-order valence-corrected chi connectivity index (χ2v) is 6.66. The van der Waals surface area contributed by atoms with Gasteiger partial charge in [0.25, 0.3) is 0 Å². The van der Waals surface area contributed by atoms with Crippen LogP contribution in [-0.4, -0.2) is 40.5 Å². The summed E-state index contributed by atoms with van der Waals surface area (Å²) in [5.41, 5.74) is 2.42. The fraction of sp³-hybridized carbons (Fsp3) is 0.200. The number of aromatic hydroxyl groups is 1. The summed E-state index contributed by atoms with van der Waals surface area (Å²) in [6, 6.07) is 14.3. The van der Waals surface area contributed by atoms with Gasteiger partial charge in [-0.3, -0.25) is 19.1 Å². The number of hydrogen-bond acceptors (Lipinski definition) is 5. The van der Waals surface area contributed by atoms with E-state index in [-0.39, 0.29) is 11.6 Å². The first-order valence-corrected chi connectivity index (χ1v) is 8.65. The van der Waals surface area contributed by atoms with E-state index in [0.717, 1.165) is 11.1 Å². The normalized spacial score (nSPS) is 11.4. The molecule has 0 aliphatic carbocycles. The van der Waals surface area contributed by atoms with Crippen LogP contribution in [0.15, 0.2) is 58.8 Å². The highest BCUT2D eigenvalue weighted by atomic mass is 16.3. The molecule has 0 bridgehead atoms. The molecule has 2 N–H and O–H groups in total. The first-order valence-electron chi connectivity index (χ1n) is 8.65. The lowest BCUT2D eigenvalue weighted by atomic mass is 10.2. The smallest absolute Gasteiger partial charge is 0.353 e. The minimum Gasteiger partial charge on any atom is -0.493 e. The van der Waals surface area contributed by atoms with Gasteiger partial charge >= 0.3 is 11.8 Å². The van der Waals surface area contributed by atoms with Gasteiger partial charge in [-0.1, -0.05) is 35.9 Å². The molecule has 0 spiro atoms. The van der Waals surface area contributed by atoms with E-state index in [0.29, 0.717) is 17.7 Å². The second-order valence-electron chi connectivity index (χ2n) is 6.66. The van der Waals surface area contributed by atoms with Gasteiger partial charge in [-0.05, 0) is 39.2 Å². The molecule has 0 atom stereocenters. The molecule has 0 aliphatic heterocycles. The Balaban J connectivity index is 1.84. The fourth-order valence-corrected chi connectivity index (χ4v) is 2.76. The van der Waals surface area contributed by atoms with E-state index in [1.807, 2.05) is 50.2 Å². The quantitative estimate of drug-likeness (QED) is 0.536. The van der Waals surface area contributed by atoms with Crippen molar-refractivity contribution in [2.45, 2.75) is 13.6 Å². The molecule has 0 unspecified atom stereocenters. The highest BCUT2D eigenvalue weighted by Gasteiger charge is 2.18. The Morgan fingerprint density at radius 3 is 2.46 bits per heavy atom. The van der Waals surface area contributed by atoms with Crippen molar-refractivity contribution in [3.05, 3.63) is 54.1 Å². The number of carbonyl (C=O) groups excluding carboxylic acids is 2. The number of rotatable bonds is 4. The minimum atomic E-state index is -1.05. The first-order chi connectivity index (χ1) is 13.4. The van der Waals surface area contributed by atoms with Crippen LogP contribution in [0.1, 0.15) is 5.56 Å². The van der Waals surface area contributed by atoms with Crippen LogP contribution in [0.2, 0.25) is 0 Å². The van der Waals surface area contributed by atoms with Crippen molar-refractivity contribution in [3.8, 4) is 5.88 Å². The van der Waals surface area contributed by atoms with E-state index in [1.54, 1.807) is 28.8 Å². The first kappa shape index (κ1) is 19.2. The van der Waals surface area contributed by atoms with Gasteiger partial charge in [0.1, 0.15) is 0 Å². The largest absolute Gasteiger partial charge is 0.493 e. The molecule has 2 aromatic carbocycles. The Hall–Kier alpha value is -3.52. The summed E-state index contributed by atoms with van der Waals surface area (Å²) < 4.78 is 1.65. The molecule has 3 rings (SSSR count). The standard InChI is InChI=1S/C20H21N5O3/c1-13-8-10-14(11-9-13)21-18(26)19(27)23-22-17-15-6-4-5-7-16(15)25(20(17)28)12-24(2)3/h4-11,28H,12H2,1-3H3,(H,21,26). The molecule has 8 heteroatoms. The highest BCUT2D eigenvalue weighted by Crippen LogP contribution is 2.38. The van der Waals surface area contributed by atoms with Crippen LogP contribution in [0.25, 0.3) is 10.9 Å². The number of benzene rings is 2. The number of carbonyl (C=O) groups is 2. The number of para-hydroxylation sites is 1. The summed E-state index contributed by atoms with van der Waals surface area (Å²) in [5, 5.41) is 21.0. The van der Waals surface area contributed by atoms with Gasteiger partial charge in [0, 0.05) is 11.1 Å². The maximum absolute atomic E-state index is 12.1. The molecule has 0 radical (unpaired) electrons. The lowest BCUT2D eigenvalue weighted by Gasteiger charge is -2.12. The highest BCUT2D eigenvalue weighted by molar-refractivity contribution is 6.40. The Labute approximate surface area is 162 Å². The Morgan fingerprint density at radius 1 is 1.11 bits per heavy atom. The molecule has 8 nitrogen and oxygen atoms in total. The number of azo groups is 1. The molecule has 0 aliphatic rings. The molecule has 3 aromatic rings. The van der Waals surface area contributed by atoms with Crippen LogP contribution in [0.4, 0.5) is 11.4 Å². The van der Waals surface area contributed by atoms with Gasteiger partial charge in [-0.2, -0.15) is 0 Å². The maximum atomic E-state index is 12.1. The average molecular weight is 379 g/mol. The number of anilines is 1. The van der Waals surface area contributed by atoms with E-state index < -0.39 is 11.8 Å². The van der Waals surface area contributed by atoms with Crippen LogP contribution in [0.5, 0.6) is 5.88 Å². The molecule has 1 aromatic heterocycles. The summed E-state index contributed by atoms with van der Waals surface area (Å²) in [7, 11) is 3.74. The van der Waals surface area contributed by atoms with E-state index >= 15 is 0 Å². The molecular formula is C20H21N5O3. The van der Waals surface area contributed by atoms with E-state index in [9.17, 15) is 14.7 Å². The van der Waals surface area contributed by atoms with Crippen molar-refractivity contribution < 1.29 is 14.7 Å². The van der Waals surface area contributed by atoms with Gasteiger partial charge in [-0.15, -0.1) is 10.2 Å². The van der Waals surface area contributed by atoms with Crippen molar-refractivity contribution in [1.29, 1.82) is 0 Å². The molecular weight excluding hydrogens is 358 g/mol. The molecule has 144 valence electrons. The van der Waals surface area contributed by atoms with Crippen LogP contribution in [0, 0.1) is 6.92 Å². The predicted octanol–water partition coefficient (Wildman–Crippen LogP) is 3.42. The maximum Gasteiger partial charge on any atom is 0.353 e. The van der Waals surface area contributed by atoms with Crippen LogP contribution in [-0.2, 0) is 16.3 Å². The third-order valence-electron chi connectivity index (χ3n) is 4.09. The predicted molar refractivity (Wildman–Crippen MR) is 107 cm³/mol. The van der Waals surface area contributed by atoms with Gasteiger partial charge in [0.05, 0.1) is 12.2 Å². The summed E-state index contributed by atoms with van der Waals surface area (Å²) >= 11 is 0. The molecule has 1 heterocycles. The lowest BCUT2D eigenvalue weighted by molar-refractivity contribution is -0.134. The number of nitrogens with zero attached hydrogens (tertiary/aromatic N) is 4. The van der Waals surface area contributed by atoms with Crippen molar-refractivity contribution in [2.75, 3.05) is 19.4 Å². The van der Waals surface area contributed by atoms with Gasteiger partial charge in [0.15, 0.2) is 5.69 Å². The number of amides is 2. The monoisotopic (exact) mass is 379 g/mol. The number of aromatic nitrogens is 1. The zero-order chi connectivity index (χ0) is 20.3. The van der Waals surface area contributed by atoms with Crippen molar-refractivity contribution in [3.63, 3.8) is 0 Å². The van der Waals surface area contributed by atoms with E-state index in [1.165, 1.54) is 0 Å². The second kappa shape index (κ2) is 8.01. The van der Waals surface area contributed by atoms with E-state index in [4.69, 9.17) is 0 Å². The van der Waals surface area contributed by atoms with Gasteiger partial charge < -0.3 is 10.4 Å². The van der Waals surface area contributed by atoms with Gasteiger partial charge in [-0.25, -0.2) is 0 Å².